The molecule has 0 spiro atoms. The first kappa shape index (κ1) is 16.5. The van der Waals surface area contributed by atoms with Crippen LogP contribution in [0.25, 0.3) is 0 Å². The number of hydrogen-bond acceptors (Lipinski definition) is 5. The number of sulfonamides is 1. The van der Waals surface area contributed by atoms with Gasteiger partial charge in [-0.3, -0.25) is 0 Å². The smallest absolute Gasteiger partial charge is 0.341 e. The summed E-state index contributed by atoms with van der Waals surface area (Å²) in [6.07, 6.45) is 0.456. The highest BCUT2D eigenvalue weighted by molar-refractivity contribution is 7.89. The molecule has 0 aliphatic rings. The van der Waals surface area contributed by atoms with E-state index in [1.54, 1.807) is 0 Å². The zero-order valence-corrected chi connectivity index (χ0v) is 12.0. The minimum Gasteiger partial charge on any atom is -0.462 e. The average Bonchev–Trinajstić information content (AvgIpc) is 2.32. The van der Waals surface area contributed by atoms with Crippen molar-refractivity contribution in [3.05, 3.63) is 29.1 Å². The zero-order valence-electron chi connectivity index (χ0n) is 11.2. The minimum absolute atomic E-state index is 0.0463. The van der Waals surface area contributed by atoms with Crippen LogP contribution in [0.4, 0.5) is 4.39 Å². The molecule has 0 heterocycles. The Morgan fingerprint density at radius 1 is 1.35 bits per heavy atom. The number of esters is 1. The Morgan fingerprint density at radius 3 is 2.55 bits per heavy atom. The summed E-state index contributed by atoms with van der Waals surface area (Å²) in [4.78, 5) is 11.4. The normalized spacial score (nSPS) is 11.4. The molecule has 6 nitrogen and oxygen atoms in total. The predicted molar refractivity (Wildman–Crippen MR) is 69.3 cm³/mol. The summed E-state index contributed by atoms with van der Waals surface area (Å²) in [6.45, 7) is 1.83. The molecule has 0 bridgehead atoms. The first-order valence-electron chi connectivity index (χ1n) is 5.76. The first-order valence-corrected chi connectivity index (χ1v) is 7.31. The van der Waals surface area contributed by atoms with Gasteiger partial charge in [-0.15, -0.1) is 0 Å². The maximum absolute atomic E-state index is 13.7. The van der Waals surface area contributed by atoms with E-state index in [0.717, 1.165) is 12.1 Å². The molecule has 0 radical (unpaired) electrons. The molecule has 112 valence electrons. The molecule has 0 atom stereocenters. The van der Waals surface area contributed by atoms with Crippen molar-refractivity contribution in [1.29, 1.82) is 0 Å². The van der Waals surface area contributed by atoms with Crippen LogP contribution in [0.3, 0.4) is 0 Å². The Balaban J connectivity index is 2.98. The second-order valence-electron chi connectivity index (χ2n) is 4.12. The molecule has 0 aromatic heterocycles. The second kappa shape index (κ2) is 6.78. The Bertz CT molecular complexity index is 600. The molecule has 1 aromatic rings. The van der Waals surface area contributed by atoms with E-state index in [1.807, 2.05) is 0 Å². The van der Waals surface area contributed by atoms with Gasteiger partial charge in [-0.25, -0.2) is 22.7 Å². The highest BCUT2D eigenvalue weighted by atomic mass is 32.2. The number of halogens is 1. The van der Waals surface area contributed by atoms with Crippen molar-refractivity contribution >= 4 is 16.0 Å². The fourth-order valence-electron chi connectivity index (χ4n) is 1.56. The molecule has 8 heteroatoms. The van der Waals surface area contributed by atoms with Crippen molar-refractivity contribution in [3.8, 4) is 0 Å². The number of rotatable bonds is 6. The number of hydrogen-bond donors (Lipinski definition) is 1. The highest BCUT2D eigenvalue weighted by Crippen LogP contribution is 2.19. The molecule has 1 rings (SSSR count). The van der Waals surface area contributed by atoms with Gasteiger partial charge < -0.3 is 9.47 Å². The Hall–Kier alpha value is -1.51. The number of carbonyl (C=O) groups is 1. The van der Waals surface area contributed by atoms with E-state index < -0.39 is 27.4 Å². The van der Waals surface area contributed by atoms with E-state index in [9.17, 15) is 17.6 Å². The summed E-state index contributed by atoms with van der Waals surface area (Å²) in [5.41, 5.74) is -0.335. The van der Waals surface area contributed by atoms with Gasteiger partial charge >= 0.3 is 5.97 Å². The van der Waals surface area contributed by atoms with E-state index in [4.69, 9.17) is 14.6 Å². The lowest BCUT2D eigenvalue weighted by molar-refractivity contribution is 0.0463. The van der Waals surface area contributed by atoms with Crippen molar-refractivity contribution in [2.45, 2.75) is 18.2 Å². The maximum Gasteiger partial charge on any atom is 0.341 e. The highest BCUT2D eigenvalue weighted by Gasteiger charge is 2.20. The standard InChI is InChI=1S/C12H16FNO5S/c1-8-6-10(13)9(7-11(8)20(14,16)17)12(15)19-5-3-4-18-2/h6-7H,3-5H2,1-2H3,(H2,14,16,17). The van der Waals surface area contributed by atoms with Crippen LogP contribution in [-0.2, 0) is 19.5 Å². The molecule has 0 aliphatic carbocycles. The quantitative estimate of drug-likeness (QED) is 0.624. The Kier molecular flexibility index (Phi) is 5.61. The Labute approximate surface area is 116 Å². The van der Waals surface area contributed by atoms with Gasteiger partial charge in [0.15, 0.2) is 0 Å². The third kappa shape index (κ3) is 4.26. The van der Waals surface area contributed by atoms with Crippen LogP contribution in [-0.4, -0.2) is 34.7 Å². The molecule has 0 saturated heterocycles. The van der Waals surface area contributed by atoms with Crippen LogP contribution in [0.2, 0.25) is 0 Å². The van der Waals surface area contributed by atoms with Gasteiger partial charge in [0.1, 0.15) is 5.82 Å². The summed E-state index contributed by atoms with van der Waals surface area (Å²) < 4.78 is 45.9. The fourth-order valence-corrected chi connectivity index (χ4v) is 2.35. The van der Waals surface area contributed by atoms with Crippen molar-refractivity contribution < 1.29 is 27.1 Å². The van der Waals surface area contributed by atoms with Crippen molar-refractivity contribution in [2.75, 3.05) is 20.3 Å². The van der Waals surface area contributed by atoms with Crippen LogP contribution in [0.1, 0.15) is 22.3 Å². The van der Waals surface area contributed by atoms with Crippen molar-refractivity contribution in [2.24, 2.45) is 5.14 Å². The lowest BCUT2D eigenvalue weighted by Gasteiger charge is -2.09. The number of benzene rings is 1. The molecule has 20 heavy (non-hydrogen) atoms. The van der Waals surface area contributed by atoms with E-state index in [0.29, 0.717) is 13.0 Å². The molecule has 0 saturated carbocycles. The first-order chi connectivity index (χ1) is 9.27. The molecular weight excluding hydrogens is 289 g/mol. The number of carbonyl (C=O) groups excluding carboxylic acids is 1. The Morgan fingerprint density at radius 2 is 2.00 bits per heavy atom. The third-order valence-electron chi connectivity index (χ3n) is 2.52. The fraction of sp³-hybridized carbons (Fsp3) is 0.417. The molecule has 0 amide bonds. The van der Waals surface area contributed by atoms with E-state index in [2.05, 4.69) is 0 Å². The topological polar surface area (TPSA) is 95.7 Å². The third-order valence-corrected chi connectivity index (χ3v) is 3.57. The minimum atomic E-state index is -4.03. The second-order valence-corrected chi connectivity index (χ2v) is 5.65. The van der Waals surface area contributed by atoms with E-state index >= 15 is 0 Å². The average molecular weight is 305 g/mol. The lowest BCUT2D eigenvalue weighted by Crippen LogP contribution is -2.17. The monoisotopic (exact) mass is 305 g/mol. The van der Waals surface area contributed by atoms with Crippen molar-refractivity contribution in [3.63, 3.8) is 0 Å². The van der Waals surface area contributed by atoms with Gasteiger partial charge in [0, 0.05) is 20.1 Å². The number of aryl methyl sites for hydroxylation is 1. The zero-order chi connectivity index (χ0) is 15.3. The number of primary sulfonamides is 1. The molecule has 0 aliphatic heterocycles. The van der Waals surface area contributed by atoms with E-state index in [-0.39, 0.29) is 17.1 Å². The van der Waals surface area contributed by atoms with Crippen LogP contribution < -0.4 is 5.14 Å². The molecule has 0 fully saturated rings. The van der Waals surface area contributed by atoms with Gasteiger partial charge in [-0.2, -0.15) is 0 Å². The van der Waals surface area contributed by atoms with Gasteiger partial charge in [-0.05, 0) is 24.6 Å². The summed E-state index contributed by atoms with van der Waals surface area (Å²) in [7, 11) is -2.53. The number of ether oxygens (including phenoxy) is 2. The van der Waals surface area contributed by atoms with Crippen LogP contribution in [0, 0.1) is 12.7 Å². The summed E-state index contributed by atoms with van der Waals surface area (Å²) in [6, 6.07) is 1.82. The SMILES string of the molecule is COCCCOC(=O)c1cc(S(N)(=O)=O)c(C)cc1F. The van der Waals surface area contributed by atoms with Gasteiger partial charge in [0.25, 0.3) is 0 Å². The van der Waals surface area contributed by atoms with Crippen LogP contribution in [0.15, 0.2) is 17.0 Å². The van der Waals surface area contributed by atoms with E-state index in [1.165, 1.54) is 14.0 Å². The molecule has 1 aromatic carbocycles. The summed E-state index contributed by atoms with van der Waals surface area (Å²) in [5, 5.41) is 5.00. The van der Waals surface area contributed by atoms with Gasteiger partial charge in [0.05, 0.1) is 17.1 Å². The largest absolute Gasteiger partial charge is 0.462 e. The summed E-state index contributed by atoms with van der Waals surface area (Å²) in [5.74, 6) is -1.80. The van der Waals surface area contributed by atoms with Gasteiger partial charge in [-0.1, -0.05) is 0 Å². The number of methoxy groups -OCH3 is 1. The molecule has 0 unspecified atom stereocenters. The molecule has 2 N–H and O–H groups in total. The predicted octanol–water partition coefficient (Wildman–Crippen LogP) is 0.975. The summed E-state index contributed by atoms with van der Waals surface area (Å²) >= 11 is 0. The molecular formula is C12H16FNO5S. The number of nitrogens with two attached hydrogens (primary N) is 1. The lowest BCUT2D eigenvalue weighted by atomic mass is 10.1. The van der Waals surface area contributed by atoms with Crippen molar-refractivity contribution in [1.82, 2.24) is 0 Å². The van der Waals surface area contributed by atoms with Gasteiger partial charge in [0.2, 0.25) is 10.0 Å². The van der Waals surface area contributed by atoms with Crippen LogP contribution in [0.5, 0.6) is 0 Å². The maximum atomic E-state index is 13.7. The van der Waals surface area contributed by atoms with Crippen LogP contribution >= 0.6 is 0 Å².